The zero-order valence-corrected chi connectivity index (χ0v) is 13.4. The van der Waals surface area contributed by atoms with Gasteiger partial charge in [-0.15, -0.1) is 0 Å². The summed E-state index contributed by atoms with van der Waals surface area (Å²) < 4.78 is 25.1. The van der Waals surface area contributed by atoms with Gasteiger partial charge in [-0.25, -0.2) is 12.7 Å². The third-order valence-corrected chi connectivity index (χ3v) is 5.87. The Hall–Kier alpha value is -1.11. The van der Waals surface area contributed by atoms with Gasteiger partial charge in [-0.2, -0.15) is 0 Å². The van der Waals surface area contributed by atoms with Crippen molar-refractivity contribution in [1.82, 2.24) is 4.31 Å². The third kappa shape index (κ3) is 4.18. The summed E-state index contributed by atoms with van der Waals surface area (Å²) in [5, 5.41) is 12.8. The first-order valence-corrected chi connectivity index (χ1v) is 8.78. The number of hydrogen-bond acceptors (Lipinski definition) is 4. The molecule has 2 N–H and O–H groups in total. The molecule has 0 heterocycles. The summed E-state index contributed by atoms with van der Waals surface area (Å²) in [5.41, 5.74) is 0.929. The lowest BCUT2D eigenvalue weighted by molar-refractivity contribution is 0.111. The van der Waals surface area contributed by atoms with E-state index >= 15 is 0 Å². The highest BCUT2D eigenvalue weighted by Crippen LogP contribution is 2.25. The molecule has 0 atom stereocenters. The fourth-order valence-electron chi connectivity index (χ4n) is 2.57. The minimum atomic E-state index is -3.36. The number of anilines is 1. The summed E-state index contributed by atoms with van der Waals surface area (Å²) in [6.07, 6.45) is 3.72. The Balaban J connectivity index is 1.91. The van der Waals surface area contributed by atoms with E-state index < -0.39 is 10.0 Å². The number of benzene rings is 1. The van der Waals surface area contributed by atoms with Crippen LogP contribution in [0.5, 0.6) is 0 Å². The summed E-state index contributed by atoms with van der Waals surface area (Å²) in [6, 6.07) is 6.85. The van der Waals surface area contributed by atoms with Gasteiger partial charge in [0.2, 0.25) is 10.0 Å². The molecule has 1 aliphatic carbocycles. The van der Waals surface area contributed by atoms with Crippen LogP contribution in [0.2, 0.25) is 0 Å². The maximum absolute atomic E-state index is 12.0. The lowest BCUT2D eigenvalue weighted by Crippen LogP contribution is -2.23. The van der Waals surface area contributed by atoms with Gasteiger partial charge in [-0.3, -0.25) is 0 Å². The minimum absolute atomic E-state index is 0.128. The number of rotatable bonds is 5. The number of aliphatic hydroxyl groups is 1. The molecule has 1 aromatic carbocycles. The van der Waals surface area contributed by atoms with Crippen molar-refractivity contribution in [2.75, 3.05) is 26.0 Å². The second-order valence-corrected chi connectivity index (χ2v) is 8.02. The van der Waals surface area contributed by atoms with Crippen molar-refractivity contribution in [1.29, 1.82) is 0 Å². The van der Waals surface area contributed by atoms with Crippen LogP contribution in [0.4, 0.5) is 5.69 Å². The molecule has 0 spiro atoms. The fraction of sp³-hybridized carbons (Fsp3) is 0.600. The third-order valence-electron chi connectivity index (χ3n) is 4.04. The average molecular weight is 312 g/mol. The first-order chi connectivity index (χ1) is 9.89. The molecule has 0 aromatic heterocycles. The normalized spacial score (nSPS) is 23.2. The summed E-state index contributed by atoms with van der Waals surface area (Å²) >= 11 is 0. The van der Waals surface area contributed by atoms with Crippen LogP contribution in [-0.2, 0) is 10.0 Å². The second kappa shape index (κ2) is 6.77. The highest BCUT2D eigenvalue weighted by atomic mass is 32.2. The van der Waals surface area contributed by atoms with E-state index in [1.165, 1.54) is 18.4 Å². The second-order valence-electron chi connectivity index (χ2n) is 5.87. The number of nitrogens with one attached hydrogen (secondary N) is 1. The van der Waals surface area contributed by atoms with E-state index in [2.05, 4.69) is 5.32 Å². The Morgan fingerprint density at radius 2 is 1.71 bits per heavy atom. The van der Waals surface area contributed by atoms with Crippen molar-refractivity contribution >= 4 is 15.7 Å². The zero-order valence-electron chi connectivity index (χ0n) is 12.6. The molecule has 5 nitrogen and oxygen atoms in total. The van der Waals surface area contributed by atoms with Crippen LogP contribution in [0.25, 0.3) is 0 Å². The standard InChI is InChI=1S/C15H24N2O3S/c1-17(2)21(19,20)15-9-5-13(6-10-15)16-11-12-3-7-14(18)8-4-12/h5-6,9-10,12,14,16,18H,3-4,7-8,11H2,1-2H3. The van der Waals surface area contributed by atoms with Crippen LogP contribution in [0.1, 0.15) is 25.7 Å². The molecule has 1 saturated carbocycles. The Kier molecular flexibility index (Phi) is 5.24. The maximum atomic E-state index is 12.0. The number of nitrogens with zero attached hydrogens (tertiary/aromatic N) is 1. The van der Waals surface area contributed by atoms with E-state index in [9.17, 15) is 13.5 Å². The minimum Gasteiger partial charge on any atom is -0.393 e. The maximum Gasteiger partial charge on any atom is 0.242 e. The van der Waals surface area contributed by atoms with Gasteiger partial charge in [0, 0.05) is 26.3 Å². The van der Waals surface area contributed by atoms with Crippen LogP contribution in [0.15, 0.2) is 29.2 Å². The van der Waals surface area contributed by atoms with E-state index in [-0.39, 0.29) is 6.10 Å². The average Bonchev–Trinajstić information content (AvgIpc) is 2.47. The molecule has 0 bridgehead atoms. The first kappa shape index (κ1) is 16.3. The van der Waals surface area contributed by atoms with Gasteiger partial charge < -0.3 is 10.4 Å². The van der Waals surface area contributed by atoms with Crippen LogP contribution in [-0.4, -0.2) is 44.6 Å². The van der Waals surface area contributed by atoms with Gasteiger partial charge in [-0.05, 0) is 55.9 Å². The van der Waals surface area contributed by atoms with Gasteiger partial charge >= 0.3 is 0 Å². The van der Waals surface area contributed by atoms with Crippen molar-refractivity contribution in [3.8, 4) is 0 Å². The molecule has 21 heavy (non-hydrogen) atoms. The van der Waals surface area contributed by atoms with Crippen LogP contribution >= 0.6 is 0 Å². The SMILES string of the molecule is CN(C)S(=O)(=O)c1ccc(NCC2CCC(O)CC2)cc1. The first-order valence-electron chi connectivity index (χ1n) is 7.34. The smallest absolute Gasteiger partial charge is 0.242 e. The Morgan fingerprint density at radius 3 is 2.24 bits per heavy atom. The predicted molar refractivity (Wildman–Crippen MR) is 83.8 cm³/mol. The predicted octanol–water partition coefficient (Wildman–Crippen LogP) is 1.90. The van der Waals surface area contributed by atoms with E-state index in [0.29, 0.717) is 10.8 Å². The zero-order chi connectivity index (χ0) is 15.5. The van der Waals surface area contributed by atoms with Crippen molar-refractivity contribution in [2.24, 2.45) is 5.92 Å². The van der Waals surface area contributed by atoms with E-state index in [1.54, 1.807) is 24.3 Å². The molecule has 1 aliphatic rings. The molecule has 0 radical (unpaired) electrons. The lowest BCUT2D eigenvalue weighted by Gasteiger charge is -2.25. The van der Waals surface area contributed by atoms with Gasteiger partial charge in [-0.1, -0.05) is 0 Å². The summed E-state index contributed by atoms with van der Waals surface area (Å²) in [5.74, 6) is 0.582. The molecule has 0 aliphatic heterocycles. The molecule has 2 rings (SSSR count). The Morgan fingerprint density at radius 1 is 1.14 bits per heavy atom. The Labute approximate surface area is 127 Å². The fourth-order valence-corrected chi connectivity index (χ4v) is 3.47. The molecule has 0 saturated heterocycles. The molecule has 118 valence electrons. The summed E-state index contributed by atoms with van der Waals surface area (Å²) in [6.45, 7) is 0.868. The monoisotopic (exact) mass is 312 g/mol. The van der Waals surface area contributed by atoms with Gasteiger partial charge in [0.1, 0.15) is 0 Å². The highest BCUT2D eigenvalue weighted by molar-refractivity contribution is 7.89. The molecule has 6 heteroatoms. The lowest BCUT2D eigenvalue weighted by atomic mass is 9.87. The highest BCUT2D eigenvalue weighted by Gasteiger charge is 2.19. The molecule has 1 fully saturated rings. The molecular weight excluding hydrogens is 288 g/mol. The topological polar surface area (TPSA) is 69.6 Å². The number of sulfonamides is 1. The van der Waals surface area contributed by atoms with E-state index in [1.807, 2.05) is 0 Å². The van der Waals surface area contributed by atoms with Crippen molar-refractivity contribution < 1.29 is 13.5 Å². The summed E-state index contributed by atoms with van der Waals surface area (Å²) in [7, 11) is -0.304. The molecule has 0 unspecified atom stereocenters. The van der Waals surface area contributed by atoms with Crippen molar-refractivity contribution in [3.63, 3.8) is 0 Å². The van der Waals surface area contributed by atoms with Gasteiger partial charge in [0.15, 0.2) is 0 Å². The van der Waals surface area contributed by atoms with E-state index in [0.717, 1.165) is 37.9 Å². The van der Waals surface area contributed by atoms with Crippen LogP contribution < -0.4 is 5.32 Å². The molecular formula is C15H24N2O3S. The molecule has 1 aromatic rings. The van der Waals surface area contributed by atoms with Gasteiger partial charge in [0.25, 0.3) is 0 Å². The largest absolute Gasteiger partial charge is 0.393 e. The quantitative estimate of drug-likeness (QED) is 0.871. The number of hydrogen-bond donors (Lipinski definition) is 2. The van der Waals surface area contributed by atoms with Crippen molar-refractivity contribution in [2.45, 2.75) is 36.7 Å². The summed E-state index contributed by atoms with van der Waals surface area (Å²) in [4.78, 5) is 0.304. The van der Waals surface area contributed by atoms with Gasteiger partial charge in [0.05, 0.1) is 11.0 Å². The molecule has 0 amide bonds. The number of aliphatic hydroxyl groups excluding tert-OH is 1. The van der Waals surface area contributed by atoms with E-state index in [4.69, 9.17) is 0 Å². The van der Waals surface area contributed by atoms with Crippen LogP contribution in [0.3, 0.4) is 0 Å². The van der Waals surface area contributed by atoms with Crippen LogP contribution in [0, 0.1) is 5.92 Å². The van der Waals surface area contributed by atoms with Crippen molar-refractivity contribution in [3.05, 3.63) is 24.3 Å². The Bertz CT molecular complexity index is 547.